The Morgan fingerprint density at radius 3 is 2.15 bits per heavy atom. The van der Waals surface area contributed by atoms with Crippen LogP contribution in [0, 0.1) is 5.82 Å². The number of hydrogen-bond donors (Lipinski definition) is 0. The molecule has 0 aliphatic carbocycles. The van der Waals surface area contributed by atoms with E-state index in [0.29, 0.717) is 0 Å². The summed E-state index contributed by atoms with van der Waals surface area (Å²) in [5.41, 5.74) is 2.14. The van der Waals surface area contributed by atoms with Crippen LogP contribution in [0.2, 0.25) is 0 Å². The Kier molecular flexibility index (Phi) is 5.82. The molecule has 2 rings (SSSR count). The van der Waals surface area contributed by atoms with Crippen molar-refractivity contribution in [3.63, 3.8) is 0 Å². The number of rotatable bonds is 5. The SMILES string of the molecule is Fc1cc(Br)cc(CC(CBr)(CBr)c2ccccc2)c1. The van der Waals surface area contributed by atoms with Gasteiger partial charge in [-0.15, -0.1) is 0 Å². The molecule has 0 saturated heterocycles. The van der Waals surface area contributed by atoms with E-state index < -0.39 is 0 Å². The standard InChI is InChI=1S/C16H14Br3F/c17-10-16(11-18,13-4-2-1-3-5-13)9-12-6-14(19)8-15(20)7-12/h1-8H,9-11H2. The van der Waals surface area contributed by atoms with Crippen LogP contribution in [0.5, 0.6) is 0 Å². The van der Waals surface area contributed by atoms with Gasteiger partial charge in [-0.05, 0) is 35.7 Å². The second-order valence-corrected chi connectivity index (χ2v) is 6.91. The fraction of sp³-hybridized carbons (Fsp3) is 0.250. The third-order valence-electron chi connectivity index (χ3n) is 3.36. The van der Waals surface area contributed by atoms with Crippen molar-refractivity contribution in [2.75, 3.05) is 10.7 Å². The molecule has 20 heavy (non-hydrogen) atoms. The quantitative estimate of drug-likeness (QED) is 0.486. The fourth-order valence-electron chi connectivity index (χ4n) is 2.28. The van der Waals surface area contributed by atoms with Crippen LogP contribution in [0.25, 0.3) is 0 Å². The lowest BCUT2D eigenvalue weighted by Gasteiger charge is -2.31. The van der Waals surface area contributed by atoms with Gasteiger partial charge in [0, 0.05) is 20.5 Å². The van der Waals surface area contributed by atoms with Gasteiger partial charge in [0.05, 0.1) is 0 Å². The third-order valence-corrected chi connectivity index (χ3v) is 5.97. The van der Waals surface area contributed by atoms with Gasteiger partial charge in [-0.1, -0.05) is 78.1 Å². The molecule has 0 radical (unpaired) electrons. The van der Waals surface area contributed by atoms with Gasteiger partial charge in [0.15, 0.2) is 0 Å². The molecular weight excluding hydrogens is 451 g/mol. The van der Waals surface area contributed by atoms with Gasteiger partial charge in [0.25, 0.3) is 0 Å². The van der Waals surface area contributed by atoms with Gasteiger partial charge in [-0.25, -0.2) is 4.39 Å². The molecule has 106 valence electrons. The Bertz CT molecular complexity index is 545. The van der Waals surface area contributed by atoms with E-state index in [4.69, 9.17) is 0 Å². The minimum atomic E-state index is -0.208. The number of halogens is 4. The number of hydrogen-bond acceptors (Lipinski definition) is 0. The second kappa shape index (κ2) is 7.19. The first-order valence-electron chi connectivity index (χ1n) is 6.22. The fourth-order valence-corrected chi connectivity index (χ4v) is 4.77. The molecule has 0 saturated carbocycles. The van der Waals surface area contributed by atoms with Crippen LogP contribution < -0.4 is 0 Å². The summed E-state index contributed by atoms with van der Waals surface area (Å²) in [6.07, 6.45) is 0.768. The molecule has 0 N–H and O–H groups in total. The average Bonchev–Trinajstić information content (AvgIpc) is 2.45. The van der Waals surface area contributed by atoms with Crippen LogP contribution in [-0.2, 0) is 11.8 Å². The summed E-state index contributed by atoms with van der Waals surface area (Å²) in [5, 5.41) is 1.62. The van der Waals surface area contributed by atoms with Crippen LogP contribution in [0.15, 0.2) is 53.0 Å². The van der Waals surface area contributed by atoms with E-state index in [1.54, 1.807) is 6.07 Å². The van der Waals surface area contributed by atoms with Gasteiger partial charge in [0.2, 0.25) is 0 Å². The smallest absolute Gasteiger partial charge is 0.124 e. The Morgan fingerprint density at radius 2 is 1.60 bits per heavy atom. The normalized spacial score (nSPS) is 11.6. The van der Waals surface area contributed by atoms with Gasteiger partial charge >= 0.3 is 0 Å². The van der Waals surface area contributed by atoms with E-state index in [1.165, 1.54) is 11.6 Å². The molecule has 0 aliphatic rings. The van der Waals surface area contributed by atoms with Crippen LogP contribution in [-0.4, -0.2) is 10.7 Å². The maximum atomic E-state index is 13.6. The third kappa shape index (κ3) is 3.71. The molecular formula is C16H14Br3F. The van der Waals surface area contributed by atoms with Crippen LogP contribution in [0.4, 0.5) is 4.39 Å². The Labute approximate surface area is 144 Å². The highest BCUT2D eigenvalue weighted by Crippen LogP contribution is 2.33. The Balaban J connectivity index is 2.39. The molecule has 0 aliphatic heterocycles. The minimum Gasteiger partial charge on any atom is -0.207 e. The zero-order valence-corrected chi connectivity index (χ0v) is 15.5. The lowest BCUT2D eigenvalue weighted by Crippen LogP contribution is -2.33. The van der Waals surface area contributed by atoms with Crippen molar-refractivity contribution in [2.45, 2.75) is 11.8 Å². The molecule has 2 aromatic carbocycles. The van der Waals surface area contributed by atoms with Crippen molar-refractivity contribution < 1.29 is 4.39 Å². The first kappa shape index (κ1) is 16.2. The maximum Gasteiger partial charge on any atom is 0.124 e. The highest BCUT2D eigenvalue weighted by Gasteiger charge is 2.30. The topological polar surface area (TPSA) is 0 Å². The summed E-state index contributed by atoms with van der Waals surface area (Å²) >= 11 is 10.6. The van der Waals surface area contributed by atoms with E-state index in [2.05, 4.69) is 59.9 Å². The molecule has 2 aromatic rings. The molecule has 0 bridgehead atoms. The van der Waals surface area contributed by atoms with Crippen LogP contribution >= 0.6 is 47.8 Å². The highest BCUT2D eigenvalue weighted by molar-refractivity contribution is 9.10. The first-order chi connectivity index (χ1) is 9.59. The lowest BCUT2D eigenvalue weighted by molar-refractivity contribution is 0.546. The van der Waals surface area contributed by atoms with Crippen molar-refractivity contribution in [2.24, 2.45) is 0 Å². The summed E-state index contributed by atoms with van der Waals surface area (Å²) in [6.45, 7) is 0. The van der Waals surface area contributed by atoms with E-state index in [0.717, 1.165) is 27.1 Å². The molecule has 0 aromatic heterocycles. The van der Waals surface area contributed by atoms with E-state index >= 15 is 0 Å². The number of alkyl halides is 2. The summed E-state index contributed by atoms with van der Waals surface area (Å²) in [4.78, 5) is 0. The Hall–Kier alpha value is -0.190. The minimum absolute atomic E-state index is 0.0888. The van der Waals surface area contributed by atoms with E-state index in [1.807, 2.05) is 24.3 Å². The molecule has 0 nitrogen and oxygen atoms in total. The van der Waals surface area contributed by atoms with Gasteiger partial charge in [-0.3, -0.25) is 0 Å². The number of benzene rings is 2. The summed E-state index contributed by atoms with van der Waals surface area (Å²) in [5.74, 6) is -0.208. The molecule has 0 unspecified atom stereocenters. The summed E-state index contributed by atoms with van der Waals surface area (Å²) < 4.78 is 14.3. The molecule has 0 fully saturated rings. The second-order valence-electron chi connectivity index (χ2n) is 4.87. The Morgan fingerprint density at radius 1 is 0.950 bits per heavy atom. The van der Waals surface area contributed by atoms with Gasteiger partial charge in [-0.2, -0.15) is 0 Å². The van der Waals surface area contributed by atoms with Crippen LogP contribution in [0.3, 0.4) is 0 Å². The predicted molar refractivity (Wildman–Crippen MR) is 93.5 cm³/mol. The van der Waals surface area contributed by atoms with Crippen molar-refractivity contribution in [3.8, 4) is 0 Å². The van der Waals surface area contributed by atoms with Crippen molar-refractivity contribution in [1.82, 2.24) is 0 Å². The molecule has 0 amide bonds. The molecule has 0 atom stereocenters. The van der Waals surface area contributed by atoms with E-state index in [-0.39, 0.29) is 11.2 Å². The van der Waals surface area contributed by atoms with Crippen LogP contribution in [0.1, 0.15) is 11.1 Å². The monoisotopic (exact) mass is 462 g/mol. The van der Waals surface area contributed by atoms with Gasteiger partial charge < -0.3 is 0 Å². The van der Waals surface area contributed by atoms with Crippen molar-refractivity contribution in [3.05, 3.63) is 69.9 Å². The predicted octanol–water partition coefficient (Wildman–Crippen LogP) is 5.86. The maximum absolute atomic E-state index is 13.6. The molecule has 0 heterocycles. The first-order valence-corrected chi connectivity index (χ1v) is 9.26. The molecule has 0 spiro atoms. The van der Waals surface area contributed by atoms with Crippen molar-refractivity contribution in [1.29, 1.82) is 0 Å². The zero-order chi connectivity index (χ0) is 14.6. The molecule has 4 heteroatoms. The summed E-state index contributed by atoms with van der Waals surface area (Å²) in [7, 11) is 0. The largest absolute Gasteiger partial charge is 0.207 e. The summed E-state index contributed by atoms with van der Waals surface area (Å²) in [6, 6.07) is 15.4. The lowest BCUT2D eigenvalue weighted by atomic mass is 9.79. The highest BCUT2D eigenvalue weighted by atomic mass is 79.9. The average molecular weight is 465 g/mol. The van der Waals surface area contributed by atoms with Gasteiger partial charge in [0.1, 0.15) is 5.82 Å². The van der Waals surface area contributed by atoms with E-state index in [9.17, 15) is 4.39 Å². The van der Waals surface area contributed by atoms with Crippen molar-refractivity contribution >= 4 is 47.8 Å². The zero-order valence-electron chi connectivity index (χ0n) is 10.8.